The van der Waals surface area contributed by atoms with Gasteiger partial charge >= 0.3 is 0 Å². The molecule has 0 aliphatic rings. The summed E-state index contributed by atoms with van der Waals surface area (Å²) < 4.78 is 5.38. The third-order valence-electron chi connectivity index (χ3n) is 3.78. The van der Waals surface area contributed by atoms with Crippen molar-refractivity contribution in [2.45, 2.75) is 19.9 Å². The molecular formula is C21H22N4O2. The number of methoxy groups -OCH3 is 1. The van der Waals surface area contributed by atoms with Crippen LogP contribution in [0.2, 0.25) is 0 Å². The standard InChI is InChI=1S/C21H22N4O2/c1-14(2)22-21(26)17-13-19(23-16-11-7-8-12-18(16)27-3)25-20(24-17)15-9-5-4-6-10-15/h4-14H,1-3H3,(H,22,26)(H,23,24,25). The number of para-hydroxylation sites is 2. The molecule has 0 fully saturated rings. The first-order valence-electron chi connectivity index (χ1n) is 8.72. The largest absolute Gasteiger partial charge is 0.495 e. The first-order valence-corrected chi connectivity index (χ1v) is 8.72. The molecule has 138 valence electrons. The van der Waals surface area contributed by atoms with Crippen molar-refractivity contribution in [1.29, 1.82) is 0 Å². The highest BCUT2D eigenvalue weighted by Gasteiger charge is 2.14. The van der Waals surface area contributed by atoms with Crippen LogP contribution in [0.4, 0.5) is 11.5 Å². The van der Waals surface area contributed by atoms with Gasteiger partial charge in [0.15, 0.2) is 5.82 Å². The zero-order chi connectivity index (χ0) is 19.2. The van der Waals surface area contributed by atoms with Crippen LogP contribution >= 0.6 is 0 Å². The molecule has 0 saturated heterocycles. The third-order valence-corrected chi connectivity index (χ3v) is 3.78. The molecule has 0 unspecified atom stereocenters. The summed E-state index contributed by atoms with van der Waals surface area (Å²) in [4.78, 5) is 21.5. The fourth-order valence-corrected chi connectivity index (χ4v) is 2.57. The molecule has 3 aromatic rings. The third kappa shape index (κ3) is 4.61. The van der Waals surface area contributed by atoms with Crippen LogP contribution < -0.4 is 15.4 Å². The topological polar surface area (TPSA) is 76.1 Å². The quantitative estimate of drug-likeness (QED) is 0.692. The Hall–Kier alpha value is -3.41. The second-order valence-electron chi connectivity index (χ2n) is 6.28. The first-order chi connectivity index (χ1) is 13.1. The number of amides is 1. The van der Waals surface area contributed by atoms with Gasteiger partial charge in [0.25, 0.3) is 5.91 Å². The number of nitrogens with one attached hydrogen (secondary N) is 2. The van der Waals surface area contributed by atoms with Crippen LogP contribution in [0.15, 0.2) is 60.7 Å². The molecule has 0 bridgehead atoms. The van der Waals surface area contributed by atoms with Gasteiger partial charge in [-0.3, -0.25) is 4.79 Å². The Kier molecular flexibility index (Phi) is 5.66. The number of hydrogen-bond acceptors (Lipinski definition) is 5. The zero-order valence-electron chi connectivity index (χ0n) is 15.6. The number of hydrogen-bond donors (Lipinski definition) is 2. The SMILES string of the molecule is COc1ccccc1Nc1cc(C(=O)NC(C)C)nc(-c2ccccc2)n1. The maximum absolute atomic E-state index is 12.5. The highest BCUT2D eigenvalue weighted by atomic mass is 16.5. The van der Waals surface area contributed by atoms with Crippen molar-refractivity contribution in [3.8, 4) is 17.1 Å². The number of nitrogens with zero attached hydrogens (tertiary/aromatic N) is 2. The van der Waals surface area contributed by atoms with Gasteiger partial charge < -0.3 is 15.4 Å². The summed E-state index contributed by atoms with van der Waals surface area (Å²) in [5, 5.41) is 6.10. The number of ether oxygens (including phenoxy) is 1. The van der Waals surface area contributed by atoms with Gasteiger partial charge in [-0.1, -0.05) is 42.5 Å². The van der Waals surface area contributed by atoms with Crippen LogP contribution in [-0.2, 0) is 0 Å². The molecule has 0 aliphatic heterocycles. The summed E-state index contributed by atoms with van der Waals surface area (Å²) in [6, 6.07) is 18.7. The van der Waals surface area contributed by atoms with Gasteiger partial charge in [0, 0.05) is 17.7 Å². The Labute approximate surface area is 158 Å². The van der Waals surface area contributed by atoms with Gasteiger partial charge in [-0.15, -0.1) is 0 Å². The average molecular weight is 362 g/mol. The summed E-state index contributed by atoms with van der Waals surface area (Å²) in [5.74, 6) is 1.44. The Bertz CT molecular complexity index is 926. The summed E-state index contributed by atoms with van der Waals surface area (Å²) in [6.07, 6.45) is 0. The Morgan fingerprint density at radius 3 is 2.41 bits per heavy atom. The van der Waals surface area contributed by atoms with Crippen molar-refractivity contribution in [3.63, 3.8) is 0 Å². The molecule has 0 aliphatic carbocycles. The summed E-state index contributed by atoms with van der Waals surface area (Å²) in [6.45, 7) is 3.82. The summed E-state index contributed by atoms with van der Waals surface area (Å²) >= 11 is 0. The van der Waals surface area contributed by atoms with Crippen molar-refractivity contribution in [1.82, 2.24) is 15.3 Å². The molecule has 3 rings (SSSR count). The molecule has 0 spiro atoms. The number of aromatic nitrogens is 2. The lowest BCUT2D eigenvalue weighted by atomic mass is 10.2. The van der Waals surface area contributed by atoms with Crippen molar-refractivity contribution in [3.05, 3.63) is 66.4 Å². The number of carbonyl (C=O) groups is 1. The van der Waals surface area contributed by atoms with Crippen LogP contribution in [-0.4, -0.2) is 29.0 Å². The van der Waals surface area contributed by atoms with Crippen LogP contribution in [0, 0.1) is 0 Å². The fourth-order valence-electron chi connectivity index (χ4n) is 2.57. The van der Waals surface area contributed by atoms with E-state index < -0.39 is 0 Å². The summed E-state index contributed by atoms with van der Waals surface area (Å²) in [5.41, 5.74) is 1.89. The highest BCUT2D eigenvalue weighted by Crippen LogP contribution is 2.27. The lowest BCUT2D eigenvalue weighted by molar-refractivity contribution is 0.0938. The van der Waals surface area contributed by atoms with Crippen LogP contribution in [0.3, 0.4) is 0 Å². The van der Waals surface area contributed by atoms with Crippen LogP contribution in [0.25, 0.3) is 11.4 Å². The monoisotopic (exact) mass is 362 g/mol. The molecule has 6 heteroatoms. The van der Waals surface area contributed by atoms with Gasteiger partial charge in [-0.2, -0.15) is 0 Å². The maximum atomic E-state index is 12.5. The minimum absolute atomic E-state index is 0.0123. The lowest BCUT2D eigenvalue weighted by Gasteiger charge is -2.13. The van der Waals surface area contributed by atoms with Crippen molar-refractivity contribution < 1.29 is 9.53 Å². The molecule has 1 aromatic heterocycles. The number of anilines is 2. The second kappa shape index (κ2) is 8.31. The van der Waals surface area contributed by atoms with E-state index in [4.69, 9.17) is 4.74 Å². The van der Waals surface area contributed by atoms with E-state index in [-0.39, 0.29) is 11.9 Å². The van der Waals surface area contributed by atoms with Crippen molar-refractivity contribution in [2.75, 3.05) is 12.4 Å². The van der Waals surface area contributed by atoms with E-state index in [1.165, 1.54) is 0 Å². The lowest BCUT2D eigenvalue weighted by Crippen LogP contribution is -2.31. The van der Waals surface area contributed by atoms with Crippen LogP contribution in [0.5, 0.6) is 5.75 Å². The first kappa shape index (κ1) is 18.4. The van der Waals surface area contributed by atoms with Gasteiger partial charge in [0.2, 0.25) is 0 Å². The van der Waals surface area contributed by atoms with E-state index in [1.54, 1.807) is 13.2 Å². The van der Waals surface area contributed by atoms with Gasteiger partial charge in [-0.25, -0.2) is 9.97 Å². The molecular weight excluding hydrogens is 340 g/mol. The molecule has 27 heavy (non-hydrogen) atoms. The fraction of sp³-hybridized carbons (Fsp3) is 0.190. The molecule has 1 amide bonds. The maximum Gasteiger partial charge on any atom is 0.270 e. The predicted octanol–water partition coefficient (Wildman–Crippen LogP) is 4.03. The van der Waals surface area contributed by atoms with E-state index in [1.807, 2.05) is 68.4 Å². The number of carbonyl (C=O) groups excluding carboxylic acids is 1. The van der Waals surface area contributed by atoms with Gasteiger partial charge in [0.1, 0.15) is 17.3 Å². The minimum Gasteiger partial charge on any atom is -0.495 e. The van der Waals surface area contributed by atoms with E-state index in [0.717, 1.165) is 11.3 Å². The number of benzene rings is 2. The van der Waals surface area contributed by atoms with E-state index in [9.17, 15) is 4.79 Å². The molecule has 6 nitrogen and oxygen atoms in total. The molecule has 0 atom stereocenters. The van der Waals surface area contributed by atoms with Crippen molar-refractivity contribution >= 4 is 17.4 Å². The molecule has 0 radical (unpaired) electrons. The van der Waals surface area contributed by atoms with Gasteiger partial charge in [-0.05, 0) is 26.0 Å². The normalized spacial score (nSPS) is 10.5. The Morgan fingerprint density at radius 2 is 1.70 bits per heavy atom. The predicted molar refractivity (Wildman–Crippen MR) is 106 cm³/mol. The molecule has 2 N–H and O–H groups in total. The van der Waals surface area contributed by atoms with E-state index in [2.05, 4.69) is 20.6 Å². The van der Waals surface area contributed by atoms with Crippen molar-refractivity contribution in [2.24, 2.45) is 0 Å². The Morgan fingerprint density at radius 1 is 1.00 bits per heavy atom. The van der Waals surface area contributed by atoms with E-state index in [0.29, 0.717) is 23.1 Å². The minimum atomic E-state index is -0.243. The molecule has 2 aromatic carbocycles. The second-order valence-corrected chi connectivity index (χ2v) is 6.28. The molecule has 0 saturated carbocycles. The summed E-state index contributed by atoms with van der Waals surface area (Å²) in [7, 11) is 1.61. The Balaban J connectivity index is 2.03. The highest BCUT2D eigenvalue weighted by molar-refractivity contribution is 5.93. The zero-order valence-corrected chi connectivity index (χ0v) is 15.6. The number of rotatable bonds is 6. The smallest absolute Gasteiger partial charge is 0.270 e. The van der Waals surface area contributed by atoms with E-state index >= 15 is 0 Å². The van der Waals surface area contributed by atoms with Crippen LogP contribution in [0.1, 0.15) is 24.3 Å². The average Bonchev–Trinajstić information content (AvgIpc) is 2.68. The molecule has 1 heterocycles. The van der Waals surface area contributed by atoms with Gasteiger partial charge in [0.05, 0.1) is 12.8 Å².